The summed E-state index contributed by atoms with van der Waals surface area (Å²) in [6, 6.07) is 8.00. The maximum Gasteiger partial charge on any atom is 0.161 e. The van der Waals surface area contributed by atoms with Crippen LogP contribution in [0.4, 0.5) is 0 Å². The van der Waals surface area contributed by atoms with Gasteiger partial charge in [0.15, 0.2) is 6.29 Å². The number of ether oxygens (including phenoxy) is 1. The number of carbonyl (C=O) groups excluding carboxylic acids is 1. The van der Waals surface area contributed by atoms with Crippen molar-refractivity contribution in [3.8, 4) is 5.75 Å². The Hall–Kier alpha value is -1.68. The third-order valence-corrected chi connectivity index (χ3v) is 3.28. The SMILES string of the molecule is CCc1ccc(OCc2ncc(C=O)s2)cc1. The van der Waals surface area contributed by atoms with Crippen molar-refractivity contribution >= 4 is 17.6 Å². The molecule has 0 atom stereocenters. The number of hydrogen-bond donors (Lipinski definition) is 0. The smallest absolute Gasteiger partial charge is 0.161 e. The molecule has 3 nitrogen and oxygen atoms in total. The molecule has 1 heterocycles. The minimum absolute atomic E-state index is 0.407. The van der Waals surface area contributed by atoms with Crippen LogP contribution in [0.15, 0.2) is 30.5 Å². The minimum atomic E-state index is 0.407. The fourth-order valence-electron chi connectivity index (χ4n) is 1.41. The molecular weight excluding hydrogens is 234 g/mol. The number of rotatable bonds is 5. The van der Waals surface area contributed by atoms with E-state index in [2.05, 4.69) is 11.9 Å². The molecule has 88 valence electrons. The van der Waals surface area contributed by atoms with Crippen molar-refractivity contribution in [1.29, 1.82) is 0 Å². The molecule has 0 saturated carbocycles. The van der Waals surface area contributed by atoms with E-state index in [4.69, 9.17) is 4.74 Å². The third-order valence-electron chi connectivity index (χ3n) is 2.38. The highest BCUT2D eigenvalue weighted by Crippen LogP contribution is 2.16. The van der Waals surface area contributed by atoms with E-state index in [0.29, 0.717) is 11.5 Å². The number of thiazole rings is 1. The second-order valence-electron chi connectivity index (χ2n) is 3.56. The molecule has 0 bridgehead atoms. The van der Waals surface area contributed by atoms with Crippen LogP contribution in [0, 0.1) is 0 Å². The van der Waals surface area contributed by atoms with Gasteiger partial charge in [-0.15, -0.1) is 11.3 Å². The molecule has 0 radical (unpaired) electrons. The summed E-state index contributed by atoms with van der Waals surface area (Å²) in [6.07, 6.45) is 3.39. The van der Waals surface area contributed by atoms with Crippen molar-refractivity contribution in [2.75, 3.05) is 0 Å². The maximum atomic E-state index is 10.5. The fourth-order valence-corrected chi connectivity index (χ4v) is 2.06. The van der Waals surface area contributed by atoms with E-state index < -0.39 is 0 Å². The van der Waals surface area contributed by atoms with Gasteiger partial charge in [0.1, 0.15) is 17.4 Å². The highest BCUT2D eigenvalue weighted by atomic mass is 32.1. The standard InChI is InChI=1S/C13H13NO2S/c1-2-10-3-5-11(6-4-10)16-9-13-14-7-12(8-15)17-13/h3-8H,2,9H2,1H3. The third kappa shape index (κ3) is 3.14. The molecule has 0 fully saturated rings. The van der Waals surface area contributed by atoms with E-state index in [1.165, 1.54) is 16.9 Å². The van der Waals surface area contributed by atoms with Gasteiger partial charge in [-0.1, -0.05) is 19.1 Å². The first kappa shape index (κ1) is 11.8. The van der Waals surface area contributed by atoms with Crippen LogP contribution in [0.1, 0.15) is 27.2 Å². The van der Waals surface area contributed by atoms with E-state index in [9.17, 15) is 4.79 Å². The summed E-state index contributed by atoms with van der Waals surface area (Å²) in [7, 11) is 0. The van der Waals surface area contributed by atoms with E-state index in [-0.39, 0.29) is 0 Å². The van der Waals surface area contributed by atoms with Gasteiger partial charge in [0.05, 0.1) is 4.88 Å². The summed E-state index contributed by atoms with van der Waals surface area (Å²) >= 11 is 1.36. The molecule has 0 aliphatic heterocycles. The van der Waals surface area contributed by atoms with E-state index >= 15 is 0 Å². The molecule has 0 amide bonds. The van der Waals surface area contributed by atoms with Crippen LogP contribution in [-0.2, 0) is 13.0 Å². The average molecular weight is 247 g/mol. The maximum absolute atomic E-state index is 10.5. The van der Waals surface area contributed by atoms with Gasteiger partial charge in [-0.3, -0.25) is 4.79 Å². The van der Waals surface area contributed by atoms with Gasteiger partial charge < -0.3 is 4.74 Å². The number of aldehydes is 1. The second-order valence-corrected chi connectivity index (χ2v) is 4.71. The number of carbonyl (C=O) groups is 1. The molecule has 2 rings (SSSR count). The van der Waals surface area contributed by atoms with Crippen LogP contribution in [0.5, 0.6) is 5.75 Å². The molecule has 17 heavy (non-hydrogen) atoms. The van der Waals surface area contributed by atoms with E-state index in [1.54, 1.807) is 6.20 Å². The molecule has 0 N–H and O–H groups in total. The quantitative estimate of drug-likeness (QED) is 0.762. The van der Waals surface area contributed by atoms with Gasteiger partial charge in [-0.25, -0.2) is 4.98 Å². The largest absolute Gasteiger partial charge is 0.486 e. The molecule has 0 aliphatic rings. The van der Waals surface area contributed by atoms with Crippen LogP contribution in [0.25, 0.3) is 0 Å². The Balaban J connectivity index is 1.94. The van der Waals surface area contributed by atoms with Crippen molar-refractivity contribution in [3.63, 3.8) is 0 Å². The van der Waals surface area contributed by atoms with Crippen molar-refractivity contribution in [3.05, 3.63) is 45.9 Å². The lowest BCUT2D eigenvalue weighted by atomic mass is 10.2. The van der Waals surface area contributed by atoms with Crippen LogP contribution in [0.3, 0.4) is 0 Å². The normalized spacial score (nSPS) is 10.2. The van der Waals surface area contributed by atoms with Crippen molar-refractivity contribution in [2.24, 2.45) is 0 Å². The fraction of sp³-hybridized carbons (Fsp3) is 0.231. The number of aryl methyl sites for hydroxylation is 1. The molecule has 0 unspecified atom stereocenters. The van der Waals surface area contributed by atoms with Crippen LogP contribution < -0.4 is 4.74 Å². The highest BCUT2D eigenvalue weighted by molar-refractivity contribution is 7.13. The Morgan fingerprint density at radius 1 is 1.35 bits per heavy atom. The molecule has 0 saturated heterocycles. The highest BCUT2D eigenvalue weighted by Gasteiger charge is 2.02. The van der Waals surface area contributed by atoms with Gasteiger partial charge >= 0.3 is 0 Å². The monoisotopic (exact) mass is 247 g/mol. The van der Waals surface area contributed by atoms with E-state index in [0.717, 1.165) is 23.5 Å². The first-order chi connectivity index (χ1) is 8.31. The Morgan fingerprint density at radius 2 is 2.12 bits per heavy atom. The van der Waals surface area contributed by atoms with E-state index in [1.807, 2.05) is 24.3 Å². The first-order valence-corrected chi connectivity index (χ1v) is 6.25. The lowest BCUT2D eigenvalue weighted by Gasteiger charge is -2.04. The topological polar surface area (TPSA) is 39.2 Å². The number of hydrogen-bond acceptors (Lipinski definition) is 4. The van der Waals surface area contributed by atoms with Gasteiger partial charge in [-0.05, 0) is 24.1 Å². The molecule has 0 aliphatic carbocycles. The lowest BCUT2D eigenvalue weighted by Crippen LogP contribution is -1.94. The lowest BCUT2D eigenvalue weighted by molar-refractivity contribution is 0.112. The summed E-state index contributed by atoms with van der Waals surface area (Å²) < 4.78 is 5.58. The Morgan fingerprint density at radius 3 is 2.71 bits per heavy atom. The van der Waals surface area contributed by atoms with Crippen molar-refractivity contribution in [1.82, 2.24) is 4.98 Å². The molecule has 4 heteroatoms. The zero-order chi connectivity index (χ0) is 12.1. The molecule has 2 aromatic rings. The number of nitrogens with zero attached hydrogens (tertiary/aromatic N) is 1. The van der Waals surface area contributed by atoms with Gasteiger partial charge in [0, 0.05) is 6.20 Å². The molecule has 1 aromatic carbocycles. The van der Waals surface area contributed by atoms with Crippen LogP contribution in [-0.4, -0.2) is 11.3 Å². The molecular formula is C13H13NO2S. The summed E-state index contributed by atoms with van der Waals surface area (Å²) in [4.78, 5) is 15.2. The first-order valence-electron chi connectivity index (χ1n) is 5.43. The average Bonchev–Trinajstić information content (AvgIpc) is 2.85. The summed E-state index contributed by atoms with van der Waals surface area (Å²) in [6.45, 7) is 2.52. The summed E-state index contributed by atoms with van der Waals surface area (Å²) in [5.41, 5.74) is 1.29. The summed E-state index contributed by atoms with van der Waals surface area (Å²) in [5, 5.41) is 0.812. The Bertz CT molecular complexity index is 490. The summed E-state index contributed by atoms with van der Waals surface area (Å²) in [5.74, 6) is 0.824. The van der Waals surface area contributed by atoms with Gasteiger partial charge in [0.2, 0.25) is 0 Å². The molecule has 0 spiro atoms. The van der Waals surface area contributed by atoms with Crippen LogP contribution in [0.2, 0.25) is 0 Å². The number of benzene rings is 1. The van der Waals surface area contributed by atoms with Gasteiger partial charge in [0.25, 0.3) is 0 Å². The predicted molar refractivity (Wildman–Crippen MR) is 67.7 cm³/mol. The second kappa shape index (κ2) is 5.59. The molecule has 1 aromatic heterocycles. The zero-order valence-electron chi connectivity index (χ0n) is 9.55. The zero-order valence-corrected chi connectivity index (χ0v) is 10.4. The van der Waals surface area contributed by atoms with Crippen molar-refractivity contribution < 1.29 is 9.53 Å². The predicted octanol–water partition coefficient (Wildman–Crippen LogP) is 3.10. The Labute approximate surface area is 104 Å². The van der Waals surface area contributed by atoms with Gasteiger partial charge in [-0.2, -0.15) is 0 Å². The van der Waals surface area contributed by atoms with Crippen LogP contribution >= 0.6 is 11.3 Å². The van der Waals surface area contributed by atoms with Crippen molar-refractivity contribution in [2.45, 2.75) is 20.0 Å². The number of aromatic nitrogens is 1. The Kier molecular flexibility index (Phi) is 3.88. The minimum Gasteiger partial charge on any atom is -0.486 e.